The Morgan fingerprint density at radius 2 is 2.00 bits per heavy atom. The lowest BCUT2D eigenvalue weighted by molar-refractivity contribution is 0.216. The molecular formula is C16H15FN4O. The van der Waals surface area contributed by atoms with Crippen LogP contribution in [0, 0.1) is 5.82 Å². The number of nitrogens with zero attached hydrogens (tertiary/aromatic N) is 4. The van der Waals surface area contributed by atoms with Crippen molar-refractivity contribution in [1.82, 2.24) is 19.7 Å². The van der Waals surface area contributed by atoms with E-state index in [1.165, 1.54) is 12.1 Å². The first-order valence-corrected chi connectivity index (χ1v) is 7.26. The fourth-order valence-corrected chi connectivity index (χ4v) is 3.02. The van der Waals surface area contributed by atoms with Gasteiger partial charge in [-0.25, -0.2) is 9.37 Å². The Labute approximate surface area is 126 Å². The minimum absolute atomic E-state index is 0.237. The predicted octanol–water partition coefficient (Wildman–Crippen LogP) is 3.08. The van der Waals surface area contributed by atoms with Gasteiger partial charge in [0, 0.05) is 7.05 Å². The van der Waals surface area contributed by atoms with Gasteiger partial charge in [-0.1, -0.05) is 23.7 Å². The maximum absolute atomic E-state index is 13.2. The summed E-state index contributed by atoms with van der Waals surface area (Å²) in [6.07, 6.45) is 6.38. The van der Waals surface area contributed by atoms with Crippen molar-refractivity contribution in [1.29, 1.82) is 0 Å². The van der Waals surface area contributed by atoms with Crippen LogP contribution >= 0.6 is 0 Å². The van der Waals surface area contributed by atoms with Gasteiger partial charge in [0.1, 0.15) is 11.5 Å². The Morgan fingerprint density at radius 3 is 2.59 bits per heavy atom. The minimum atomic E-state index is -0.280. The number of benzene rings is 1. The number of hydrogen-bond acceptors (Lipinski definition) is 4. The Hall–Kier alpha value is -2.50. The second-order valence-corrected chi connectivity index (χ2v) is 5.76. The third-order valence-electron chi connectivity index (χ3n) is 4.49. The lowest BCUT2D eigenvalue weighted by atomic mass is 9.64. The highest BCUT2D eigenvalue weighted by Crippen LogP contribution is 2.48. The molecule has 0 unspecified atom stereocenters. The van der Waals surface area contributed by atoms with E-state index in [1.54, 1.807) is 12.5 Å². The molecule has 2 heterocycles. The topological polar surface area (TPSA) is 56.7 Å². The predicted molar refractivity (Wildman–Crippen MR) is 77.5 cm³/mol. The average Bonchev–Trinajstić information content (AvgIpc) is 3.09. The zero-order valence-corrected chi connectivity index (χ0v) is 12.2. The van der Waals surface area contributed by atoms with Gasteiger partial charge >= 0.3 is 0 Å². The lowest BCUT2D eigenvalue weighted by Gasteiger charge is -2.38. The maximum Gasteiger partial charge on any atom is 0.237 e. The van der Waals surface area contributed by atoms with Crippen molar-refractivity contribution in [2.24, 2.45) is 7.05 Å². The molecule has 6 heteroatoms. The van der Waals surface area contributed by atoms with Crippen LogP contribution in [0.3, 0.4) is 0 Å². The molecule has 0 spiro atoms. The fourth-order valence-electron chi connectivity index (χ4n) is 3.02. The number of hydrogen-bond donors (Lipinski definition) is 0. The van der Waals surface area contributed by atoms with Crippen molar-refractivity contribution in [2.75, 3.05) is 0 Å². The van der Waals surface area contributed by atoms with E-state index < -0.39 is 0 Å². The Bertz CT molecular complexity index is 802. The van der Waals surface area contributed by atoms with E-state index in [2.05, 4.69) is 15.1 Å². The first kappa shape index (κ1) is 13.2. The van der Waals surface area contributed by atoms with Gasteiger partial charge in [0.05, 0.1) is 17.9 Å². The van der Waals surface area contributed by atoms with Gasteiger partial charge in [-0.05, 0) is 30.5 Å². The van der Waals surface area contributed by atoms with Gasteiger partial charge in [0.25, 0.3) is 0 Å². The number of imidazole rings is 1. The highest BCUT2D eigenvalue weighted by atomic mass is 19.1. The van der Waals surface area contributed by atoms with Crippen LogP contribution in [0.15, 0.2) is 41.3 Å². The summed E-state index contributed by atoms with van der Waals surface area (Å²) in [7, 11) is 1.89. The highest BCUT2D eigenvalue weighted by Gasteiger charge is 2.45. The van der Waals surface area contributed by atoms with E-state index in [1.807, 2.05) is 23.7 Å². The summed E-state index contributed by atoms with van der Waals surface area (Å²) in [6.45, 7) is 0. The van der Waals surface area contributed by atoms with Crippen LogP contribution in [0.1, 0.15) is 30.7 Å². The molecule has 0 bridgehead atoms. The SMILES string of the molecule is Cn1cncc1-c1noc(C2(c3ccc(F)cc3)CCC2)n1. The van der Waals surface area contributed by atoms with E-state index in [4.69, 9.17) is 4.52 Å². The molecule has 1 aliphatic carbocycles. The zero-order chi connectivity index (χ0) is 15.2. The summed E-state index contributed by atoms with van der Waals surface area (Å²) in [5.74, 6) is 0.893. The lowest BCUT2D eigenvalue weighted by Crippen LogP contribution is -2.35. The monoisotopic (exact) mass is 298 g/mol. The summed E-state index contributed by atoms with van der Waals surface area (Å²) in [4.78, 5) is 8.65. The van der Waals surface area contributed by atoms with Crippen LogP contribution in [-0.2, 0) is 12.5 Å². The van der Waals surface area contributed by atoms with Crippen LogP contribution < -0.4 is 0 Å². The summed E-state index contributed by atoms with van der Waals surface area (Å²) >= 11 is 0. The van der Waals surface area contributed by atoms with Crippen LogP contribution in [0.4, 0.5) is 4.39 Å². The van der Waals surface area contributed by atoms with E-state index in [0.29, 0.717) is 11.7 Å². The van der Waals surface area contributed by atoms with Crippen LogP contribution in [0.5, 0.6) is 0 Å². The van der Waals surface area contributed by atoms with E-state index in [0.717, 1.165) is 30.5 Å². The van der Waals surface area contributed by atoms with Crippen LogP contribution in [0.2, 0.25) is 0 Å². The normalized spacial score (nSPS) is 16.5. The molecule has 22 heavy (non-hydrogen) atoms. The van der Waals surface area contributed by atoms with E-state index in [9.17, 15) is 4.39 Å². The average molecular weight is 298 g/mol. The van der Waals surface area contributed by atoms with Crippen molar-refractivity contribution >= 4 is 0 Å². The number of halogens is 1. The molecule has 0 atom stereocenters. The fraction of sp³-hybridized carbons (Fsp3) is 0.312. The summed E-state index contributed by atoms with van der Waals surface area (Å²) in [6, 6.07) is 6.58. The molecule has 1 aromatic carbocycles. The van der Waals surface area contributed by atoms with Gasteiger partial charge in [-0.3, -0.25) is 0 Å². The first-order chi connectivity index (χ1) is 10.7. The minimum Gasteiger partial charge on any atom is -0.338 e. The summed E-state index contributed by atoms with van der Waals surface area (Å²) < 4.78 is 20.6. The summed E-state index contributed by atoms with van der Waals surface area (Å²) in [5, 5.41) is 4.09. The molecule has 5 nitrogen and oxygen atoms in total. The van der Waals surface area contributed by atoms with Crippen molar-refractivity contribution < 1.29 is 8.91 Å². The van der Waals surface area contributed by atoms with Crippen molar-refractivity contribution in [3.63, 3.8) is 0 Å². The van der Waals surface area contributed by atoms with E-state index >= 15 is 0 Å². The number of aryl methyl sites for hydroxylation is 1. The highest BCUT2D eigenvalue weighted by molar-refractivity contribution is 5.48. The second kappa shape index (κ2) is 4.76. The van der Waals surface area contributed by atoms with Gasteiger partial charge in [0.15, 0.2) is 0 Å². The van der Waals surface area contributed by atoms with Gasteiger partial charge < -0.3 is 9.09 Å². The molecule has 0 radical (unpaired) electrons. The molecule has 1 saturated carbocycles. The molecule has 0 aliphatic heterocycles. The Morgan fingerprint density at radius 1 is 1.23 bits per heavy atom. The molecule has 4 rings (SSSR count). The third-order valence-corrected chi connectivity index (χ3v) is 4.49. The molecule has 3 aromatic rings. The van der Waals surface area contributed by atoms with Crippen molar-refractivity contribution in [3.8, 4) is 11.5 Å². The molecule has 2 aromatic heterocycles. The quantitative estimate of drug-likeness (QED) is 0.745. The largest absolute Gasteiger partial charge is 0.338 e. The second-order valence-electron chi connectivity index (χ2n) is 5.76. The van der Waals surface area contributed by atoms with Crippen LogP contribution in [0.25, 0.3) is 11.5 Å². The molecule has 0 amide bonds. The Kier molecular flexibility index (Phi) is 2.85. The van der Waals surface area contributed by atoms with Gasteiger partial charge in [-0.2, -0.15) is 4.98 Å². The molecule has 0 saturated heterocycles. The maximum atomic E-state index is 13.2. The standard InChI is InChI=1S/C16H15FN4O/c1-21-10-18-9-13(21)14-19-15(22-20-14)16(7-2-8-16)11-3-5-12(17)6-4-11/h3-6,9-10H,2,7-8H2,1H3. The smallest absolute Gasteiger partial charge is 0.237 e. The summed E-state index contributed by atoms with van der Waals surface area (Å²) in [5.41, 5.74) is 1.56. The number of aromatic nitrogens is 4. The third kappa shape index (κ3) is 1.87. The van der Waals surface area contributed by atoms with Crippen molar-refractivity contribution in [3.05, 3.63) is 54.1 Å². The zero-order valence-electron chi connectivity index (χ0n) is 12.2. The number of rotatable bonds is 3. The van der Waals surface area contributed by atoms with E-state index in [-0.39, 0.29) is 11.2 Å². The molecular weight excluding hydrogens is 283 g/mol. The molecule has 112 valence electrons. The first-order valence-electron chi connectivity index (χ1n) is 7.26. The van der Waals surface area contributed by atoms with Crippen LogP contribution in [-0.4, -0.2) is 19.7 Å². The van der Waals surface area contributed by atoms with Gasteiger partial charge in [0.2, 0.25) is 11.7 Å². The molecule has 1 aliphatic rings. The molecule has 1 fully saturated rings. The Balaban J connectivity index is 1.75. The van der Waals surface area contributed by atoms with Gasteiger partial charge in [-0.15, -0.1) is 0 Å². The molecule has 0 N–H and O–H groups in total. The van der Waals surface area contributed by atoms with Crippen molar-refractivity contribution in [2.45, 2.75) is 24.7 Å².